The summed E-state index contributed by atoms with van der Waals surface area (Å²) in [6.07, 6.45) is 3.23. The van der Waals surface area contributed by atoms with Crippen LogP contribution < -0.4 is 5.32 Å². The van der Waals surface area contributed by atoms with Crippen molar-refractivity contribution in [3.63, 3.8) is 0 Å². The van der Waals surface area contributed by atoms with Gasteiger partial charge in [0.05, 0.1) is 0 Å². The van der Waals surface area contributed by atoms with Crippen molar-refractivity contribution >= 4 is 5.91 Å². The average Bonchev–Trinajstić information content (AvgIpc) is 2.29. The van der Waals surface area contributed by atoms with Gasteiger partial charge in [0.2, 0.25) is 5.91 Å². The topological polar surface area (TPSA) is 32.3 Å². The van der Waals surface area contributed by atoms with Crippen LogP contribution in [-0.4, -0.2) is 37.0 Å². The SMILES string of the molecule is CCC(=O)NCCN1CCC(C(C)C)CC1. The first kappa shape index (κ1) is 13.5. The van der Waals surface area contributed by atoms with Crippen molar-refractivity contribution in [2.75, 3.05) is 26.2 Å². The van der Waals surface area contributed by atoms with E-state index in [4.69, 9.17) is 0 Å². The number of carbonyl (C=O) groups is 1. The van der Waals surface area contributed by atoms with E-state index in [1.165, 1.54) is 25.9 Å². The summed E-state index contributed by atoms with van der Waals surface area (Å²) in [6.45, 7) is 10.7. The Balaban J connectivity index is 2.10. The lowest BCUT2D eigenvalue weighted by molar-refractivity contribution is -0.120. The van der Waals surface area contributed by atoms with E-state index in [0.29, 0.717) is 6.42 Å². The minimum absolute atomic E-state index is 0.164. The molecule has 1 rings (SSSR count). The van der Waals surface area contributed by atoms with Crippen LogP contribution in [-0.2, 0) is 4.79 Å². The van der Waals surface area contributed by atoms with Crippen molar-refractivity contribution in [3.05, 3.63) is 0 Å². The zero-order chi connectivity index (χ0) is 12.0. The third-order valence-corrected chi connectivity index (χ3v) is 3.65. The largest absolute Gasteiger partial charge is 0.355 e. The maximum atomic E-state index is 11.1. The van der Waals surface area contributed by atoms with Gasteiger partial charge in [-0.05, 0) is 37.8 Å². The maximum absolute atomic E-state index is 11.1. The van der Waals surface area contributed by atoms with Crippen LogP contribution in [0.2, 0.25) is 0 Å². The summed E-state index contributed by atoms with van der Waals surface area (Å²) in [7, 11) is 0. The van der Waals surface area contributed by atoms with Gasteiger partial charge < -0.3 is 10.2 Å². The fourth-order valence-corrected chi connectivity index (χ4v) is 2.32. The van der Waals surface area contributed by atoms with E-state index in [9.17, 15) is 4.79 Å². The third kappa shape index (κ3) is 4.52. The lowest BCUT2D eigenvalue weighted by atomic mass is 9.87. The number of likely N-dealkylation sites (tertiary alicyclic amines) is 1. The van der Waals surface area contributed by atoms with Gasteiger partial charge in [-0.2, -0.15) is 0 Å². The average molecular weight is 226 g/mol. The van der Waals surface area contributed by atoms with E-state index in [2.05, 4.69) is 24.1 Å². The maximum Gasteiger partial charge on any atom is 0.219 e. The Morgan fingerprint density at radius 2 is 2.00 bits per heavy atom. The minimum atomic E-state index is 0.164. The highest BCUT2D eigenvalue weighted by Crippen LogP contribution is 2.23. The van der Waals surface area contributed by atoms with Gasteiger partial charge in [-0.25, -0.2) is 0 Å². The molecule has 0 aliphatic carbocycles. The summed E-state index contributed by atoms with van der Waals surface area (Å²) < 4.78 is 0. The quantitative estimate of drug-likeness (QED) is 0.776. The Morgan fingerprint density at radius 1 is 1.38 bits per heavy atom. The first-order valence-corrected chi connectivity index (χ1v) is 6.62. The monoisotopic (exact) mass is 226 g/mol. The number of carbonyl (C=O) groups excluding carboxylic acids is 1. The first-order valence-electron chi connectivity index (χ1n) is 6.62. The number of hydrogen-bond donors (Lipinski definition) is 1. The number of hydrogen-bond acceptors (Lipinski definition) is 2. The molecular formula is C13H26N2O. The summed E-state index contributed by atoms with van der Waals surface area (Å²) in [5.41, 5.74) is 0. The molecule has 1 aliphatic heterocycles. The van der Waals surface area contributed by atoms with E-state index in [1.54, 1.807) is 0 Å². The molecule has 0 aromatic heterocycles. The Bertz CT molecular complexity index is 208. The molecule has 94 valence electrons. The van der Waals surface area contributed by atoms with Crippen LogP contribution in [0, 0.1) is 11.8 Å². The molecule has 0 spiro atoms. The Morgan fingerprint density at radius 3 is 2.50 bits per heavy atom. The van der Waals surface area contributed by atoms with Gasteiger partial charge in [0.1, 0.15) is 0 Å². The van der Waals surface area contributed by atoms with Gasteiger partial charge in [0.15, 0.2) is 0 Å². The van der Waals surface area contributed by atoms with Crippen LogP contribution in [0.25, 0.3) is 0 Å². The van der Waals surface area contributed by atoms with Crippen molar-refractivity contribution in [1.29, 1.82) is 0 Å². The zero-order valence-electron chi connectivity index (χ0n) is 11.0. The molecule has 1 aliphatic rings. The van der Waals surface area contributed by atoms with Crippen LogP contribution >= 0.6 is 0 Å². The molecule has 16 heavy (non-hydrogen) atoms. The highest BCUT2D eigenvalue weighted by Gasteiger charge is 2.20. The molecule has 1 heterocycles. The van der Waals surface area contributed by atoms with Gasteiger partial charge in [0.25, 0.3) is 0 Å². The number of nitrogens with zero attached hydrogens (tertiary/aromatic N) is 1. The molecule has 1 amide bonds. The van der Waals surface area contributed by atoms with E-state index in [1.807, 2.05) is 6.92 Å². The highest BCUT2D eigenvalue weighted by molar-refractivity contribution is 5.75. The molecule has 0 radical (unpaired) electrons. The smallest absolute Gasteiger partial charge is 0.219 e. The van der Waals surface area contributed by atoms with Crippen molar-refractivity contribution < 1.29 is 4.79 Å². The Labute approximate surface area is 99.6 Å². The van der Waals surface area contributed by atoms with Gasteiger partial charge >= 0.3 is 0 Å². The molecule has 0 aromatic carbocycles. The Hall–Kier alpha value is -0.570. The van der Waals surface area contributed by atoms with Crippen molar-refractivity contribution in [2.45, 2.75) is 40.0 Å². The number of rotatable bonds is 5. The second-order valence-corrected chi connectivity index (χ2v) is 5.13. The summed E-state index contributed by atoms with van der Waals surface area (Å²) in [4.78, 5) is 13.5. The van der Waals surface area contributed by atoms with E-state index in [-0.39, 0.29) is 5.91 Å². The predicted octanol–water partition coefficient (Wildman–Crippen LogP) is 1.88. The van der Waals surface area contributed by atoms with Gasteiger partial charge in [0, 0.05) is 19.5 Å². The second-order valence-electron chi connectivity index (χ2n) is 5.13. The van der Waals surface area contributed by atoms with Crippen LogP contribution in [0.15, 0.2) is 0 Å². The summed E-state index contributed by atoms with van der Waals surface area (Å²) in [5.74, 6) is 1.89. The third-order valence-electron chi connectivity index (χ3n) is 3.65. The molecule has 0 bridgehead atoms. The molecule has 0 unspecified atom stereocenters. The summed E-state index contributed by atoms with van der Waals surface area (Å²) in [5, 5.41) is 2.93. The summed E-state index contributed by atoms with van der Waals surface area (Å²) >= 11 is 0. The van der Waals surface area contributed by atoms with Crippen molar-refractivity contribution in [2.24, 2.45) is 11.8 Å². The molecular weight excluding hydrogens is 200 g/mol. The molecule has 1 fully saturated rings. The first-order chi connectivity index (χ1) is 7.63. The molecule has 0 saturated carbocycles. The van der Waals surface area contributed by atoms with Crippen LogP contribution in [0.4, 0.5) is 0 Å². The van der Waals surface area contributed by atoms with Crippen molar-refractivity contribution in [3.8, 4) is 0 Å². The van der Waals surface area contributed by atoms with Crippen molar-refractivity contribution in [1.82, 2.24) is 10.2 Å². The second kappa shape index (κ2) is 6.89. The number of amides is 1. The normalized spacial score (nSPS) is 19.0. The van der Waals surface area contributed by atoms with E-state index >= 15 is 0 Å². The van der Waals surface area contributed by atoms with Gasteiger partial charge in [-0.15, -0.1) is 0 Å². The zero-order valence-corrected chi connectivity index (χ0v) is 11.0. The van der Waals surface area contributed by atoms with E-state index < -0.39 is 0 Å². The fourth-order valence-electron chi connectivity index (χ4n) is 2.32. The molecule has 3 heteroatoms. The Kier molecular flexibility index (Phi) is 5.81. The number of piperidine rings is 1. The van der Waals surface area contributed by atoms with Gasteiger partial charge in [-0.3, -0.25) is 4.79 Å². The van der Waals surface area contributed by atoms with Gasteiger partial charge in [-0.1, -0.05) is 20.8 Å². The molecule has 1 N–H and O–H groups in total. The van der Waals surface area contributed by atoms with E-state index in [0.717, 1.165) is 24.9 Å². The molecule has 3 nitrogen and oxygen atoms in total. The molecule has 0 aromatic rings. The fraction of sp³-hybridized carbons (Fsp3) is 0.923. The lowest BCUT2D eigenvalue weighted by Gasteiger charge is -2.33. The van der Waals surface area contributed by atoms with Crippen LogP contribution in [0.3, 0.4) is 0 Å². The predicted molar refractivity (Wildman–Crippen MR) is 67.3 cm³/mol. The number of nitrogens with one attached hydrogen (secondary N) is 1. The summed E-state index contributed by atoms with van der Waals surface area (Å²) in [6, 6.07) is 0. The van der Waals surface area contributed by atoms with Crippen LogP contribution in [0.5, 0.6) is 0 Å². The lowest BCUT2D eigenvalue weighted by Crippen LogP contribution is -2.40. The highest BCUT2D eigenvalue weighted by atomic mass is 16.1. The minimum Gasteiger partial charge on any atom is -0.355 e. The standard InChI is InChI=1S/C13H26N2O/c1-4-13(16)14-7-10-15-8-5-12(6-9-15)11(2)3/h11-12H,4-10H2,1-3H3,(H,14,16). The molecule has 0 atom stereocenters. The van der Waals surface area contributed by atoms with Crippen LogP contribution in [0.1, 0.15) is 40.0 Å². The molecule has 1 saturated heterocycles.